The van der Waals surface area contributed by atoms with Crippen LogP contribution in [-0.2, 0) is 0 Å². The van der Waals surface area contributed by atoms with E-state index in [9.17, 15) is 4.79 Å². The van der Waals surface area contributed by atoms with Crippen LogP contribution < -0.4 is 11.5 Å². The zero-order chi connectivity index (χ0) is 18.0. The lowest BCUT2D eigenvalue weighted by Gasteiger charge is -2.11. The van der Waals surface area contributed by atoms with Gasteiger partial charge in [0, 0.05) is 18.0 Å². The predicted octanol–water partition coefficient (Wildman–Crippen LogP) is 3.52. The highest BCUT2D eigenvalue weighted by atomic mass is 35.5. The summed E-state index contributed by atoms with van der Waals surface area (Å²) in [7, 11) is 0. The fourth-order valence-electron chi connectivity index (χ4n) is 2.58. The maximum atomic E-state index is 12.1. The lowest BCUT2D eigenvalue weighted by Crippen LogP contribution is -2.24. The Morgan fingerprint density at radius 2 is 1.96 bits per heavy atom. The Labute approximate surface area is 148 Å². The maximum absolute atomic E-state index is 12.1. The van der Waals surface area contributed by atoms with E-state index >= 15 is 0 Å². The van der Waals surface area contributed by atoms with Crippen LogP contribution in [0.3, 0.4) is 0 Å². The van der Waals surface area contributed by atoms with Gasteiger partial charge in [-0.1, -0.05) is 29.8 Å². The third-order valence-corrected chi connectivity index (χ3v) is 3.94. The number of hydrogen-bond donors (Lipinski definition) is 2. The molecule has 1 heterocycles. The van der Waals surface area contributed by atoms with E-state index in [1.165, 1.54) is 6.20 Å². The molecule has 0 bridgehead atoms. The van der Waals surface area contributed by atoms with E-state index in [1.54, 1.807) is 36.5 Å². The van der Waals surface area contributed by atoms with Crippen LogP contribution in [0.2, 0.25) is 5.02 Å². The van der Waals surface area contributed by atoms with E-state index in [0.29, 0.717) is 32.8 Å². The van der Waals surface area contributed by atoms with Gasteiger partial charge in [0.1, 0.15) is 0 Å². The summed E-state index contributed by atoms with van der Waals surface area (Å²) >= 11 is 6.27. The smallest absolute Gasteiger partial charge is 0.280 e. The van der Waals surface area contributed by atoms with Crippen molar-refractivity contribution in [2.75, 3.05) is 0 Å². The number of halogens is 1. The van der Waals surface area contributed by atoms with Crippen molar-refractivity contribution in [3.63, 3.8) is 0 Å². The molecular formula is C18H12ClN5O. The highest BCUT2D eigenvalue weighted by molar-refractivity contribution is 6.34. The fourth-order valence-corrected chi connectivity index (χ4v) is 2.79. The molecule has 0 atom stereocenters. The zero-order valence-corrected chi connectivity index (χ0v) is 13.7. The molecule has 7 heteroatoms. The van der Waals surface area contributed by atoms with Gasteiger partial charge in [0.2, 0.25) is 0 Å². The summed E-state index contributed by atoms with van der Waals surface area (Å²) in [6, 6.07) is 10.3. The molecular weight excluding hydrogens is 338 g/mol. The van der Waals surface area contributed by atoms with Crippen LogP contribution in [0.25, 0.3) is 26.7 Å². The molecule has 0 saturated heterocycles. The van der Waals surface area contributed by atoms with Crippen molar-refractivity contribution < 1.29 is 4.79 Å². The van der Waals surface area contributed by atoms with E-state index in [1.807, 2.05) is 6.07 Å². The van der Waals surface area contributed by atoms with Gasteiger partial charge in [0.25, 0.3) is 5.91 Å². The molecule has 25 heavy (non-hydrogen) atoms. The first-order valence-corrected chi connectivity index (χ1v) is 7.57. The van der Waals surface area contributed by atoms with Crippen molar-refractivity contribution in [2.45, 2.75) is 0 Å². The molecule has 6 nitrogen and oxygen atoms in total. The number of aromatic nitrogens is 1. The topological polar surface area (TPSA) is 98.7 Å². The third-order valence-electron chi connectivity index (χ3n) is 3.64. The minimum atomic E-state index is -0.554. The second kappa shape index (κ2) is 6.59. The number of amides is 1. The molecule has 0 spiro atoms. The van der Waals surface area contributed by atoms with Crippen molar-refractivity contribution in [1.29, 1.82) is 0 Å². The third kappa shape index (κ3) is 3.13. The molecule has 3 rings (SSSR count). The molecule has 0 aliphatic heterocycles. The highest BCUT2D eigenvalue weighted by Crippen LogP contribution is 2.40. The predicted molar refractivity (Wildman–Crippen MR) is 98.6 cm³/mol. The molecule has 4 N–H and O–H groups in total. The molecule has 0 saturated carbocycles. The van der Waals surface area contributed by atoms with E-state index in [4.69, 9.17) is 29.6 Å². The Morgan fingerprint density at radius 3 is 2.64 bits per heavy atom. The summed E-state index contributed by atoms with van der Waals surface area (Å²) < 4.78 is 0. The SMILES string of the molecule is [C-]#[N+]c1ccc2ccc(C(=O)N=C(N)N)cc2c1-c1ccncc1Cl. The number of aliphatic imine (C=N–C) groups is 1. The first kappa shape index (κ1) is 16.4. The number of fused-ring (bicyclic) bond motifs is 1. The summed E-state index contributed by atoms with van der Waals surface area (Å²) in [4.78, 5) is 23.2. The van der Waals surface area contributed by atoms with Crippen LogP contribution in [0.1, 0.15) is 10.4 Å². The zero-order valence-electron chi connectivity index (χ0n) is 12.9. The Morgan fingerprint density at radius 1 is 1.20 bits per heavy atom. The van der Waals surface area contributed by atoms with Crippen LogP contribution in [0.15, 0.2) is 53.8 Å². The second-order valence-electron chi connectivity index (χ2n) is 5.20. The van der Waals surface area contributed by atoms with Gasteiger partial charge in [0.15, 0.2) is 11.6 Å². The average Bonchev–Trinajstić information content (AvgIpc) is 2.60. The standard InChI is InChI=1S/C18H12ClN5O/c1-22-15-5-4-10-2-3-11(17(25)24-18(20)21)8-13(10)16(15)12-6-7-23-9-14(12)19/h2-9H,(H4,20,21,24,25). The van der Waals surface area contributed by atoms with Gasteiger partial charge in [-0.25, -0.2) is 4.85 Å². The largest absolute Gasteiger partial charge is 0.370 e. The minimum Gasteiger partial charge on any atom is -0.370 e. The first-order chi connectivity index (χ1) is 12.0. The molecule has 0 radical (unpaired) electrons. The van der Waals surface area contributed by atoms with Crippen molar-refractivity contribution >= 4 is 39.9 Å². The van der Waals surface area contributed by atoms with Gasteiger partial charge < -0.3 is 11.5 Å². The lowest BCUT2D eigenvalue weighted by atomic mass is 9.95. The van der Waals surface area contributed by atoms with Gasteiger partial charge in [-0.15, -0.1) is 0 Å². The van der Waals surface area contributed by atoms with E-state index in [0.717, 1.165) is 5.39 Å². The monoisotopic (exact) mass is 349 g/mol. The maximum Gasteiger partial charge on any atom is 0.280 e. The van der Waals surface area contributed by atoms with E-state index in [2.05, 4.69) is 14.8 Å². The number of pyridine rings is 1. The first-order valence-electron chi connectivity index (χ1n) is 7.19. The Kier molecular flexibility index (Phi) is 4.33. The number of benzene rings is 2. The molecule has 1 aromatic heterocycles. The Hall–Kier alpha value is -3.43. The molecule has 0 unspecified atom stereocenters. The van der Waals surface area contributed by atoms with Crippen LogP contribution in [0.4, 0.5) is 5.69 Å². The second-order valence-corrected chi connectivity index (χ2v) is 5.61. The van der Waals surface area contributed by atoms with E-state index < -0.39 is 5.91 Å². The van der Waals surface area contributed by atoms with Crippen molar-refractivity contribution in [3.05, 3.63) is 70.8 Å². The van der Waals surface area contributed by atoms with Gasteiger partial charge in [0.05, 0.1) is 11.6 Å². The number of nitrogens with two attached hydrogens (primary N) is 2. The minimum absolute atomic E-state index is 0.308. The van der Waals surface area contributed by atoms with Crippen LogP contribution >= 0.6 is 11.6 Å². The molecule has 0 fully saturated rings. The van der Waals surface area contributed by atoms with Crippen LogP contribution in [-0.4, -0.2) is 16.9 Å². The molecule has 122 valence electrons. The van der Waals surface area contributed by atoms with Crippen molar-refractivity contribution in [3.8, 4) is 11.1 Å². The molecule has 3 aromatic rings. The number of carbonyl (C=O) groups is 1. The molecule has 1 amide bonds. The van der Waals surface area contributed by atoms with Gasteiger partial charge in [-0.05, 0) is 40.1 Å². The van der Waals surface area contributed by atoms with Crippen LogP contribution in [0.5, 0.6) is 0 Å². The Balaban J connectivity index is 2.34. The number of rotatable bonds is 2. The summed E-state index contributed by atoms with van der Waals surface area (Å²) in [5.41, 5.74) is 12.6. The summed E-state index contributed by atoms with van der Waals surface area (Å²) in [6.07, 6.45) is 3.11. The molecule has 0 aliphatic carbocycles. The van der Waals surface area contributed by atoms with Gasteiger partial charge in [-0.3, -0.25) is 9.78 Å². The number of guanidine groups is 1. The number of nitrogens with zero attached hydrogens (tertiary/aromatic N) is 3. The van der Waals surface area contributed by atoms with Crippen molar-refractivity contribution in [2.24, 2.45) is 16.5 Å². The summed E-state index contributed by atoms with van der Waals surface area (Å²) in [5, 5.41) is 1.98. The van der Waals surface area contributed by atoms with Gasteiger partial charge in [-0.2, -0.15) is 4.99 Å². The van der Waals surface area contributed by atoms with Gasteiger partial charge >= 0.3 is 0 Å². The van der Waals surface area contributed by atoms with E-state index in [-0.39, 0.29) is 5.96 Å². The highest BCUT2D eigenvalue weighted by Gasteiger charge is 2.15. The number of carbonyl (C=O) groups excluding carboxylic acids is 1. The summed E-state index contributed by atoms with van der Waals surface area (Å²) in [6.45, 7) is 7.45. The quantitative estimate of drug-likeness (QED) is 0.420. The summed E-state index contributed by atoms with van der Waals surface area (Å²) in [5.74, 6) is -0.862. The molecule has 0 aliphatic rings. The van der Waals surface area contributed by atoms with Crippen molar-refractivity contribution in [1.82, 2.24) is 4.98 Å². The molecule has 2 aromatic carbocycles. The normalized spacial score (nSPS) is 10.2. The van der Waals surface area contributed by atoms with Crippen LogP contribution in [0, 0.1) is 6.57 Å². The average molecular weight is 350 g/mol. The lowest BCUT2D eigenvalue weighted by molar-refractivity contribution is 0.100. The Bertz CT molecular complexity index is 1060. The number of hydrogen-bond acceptors (Lipinski definition) is 2. The fraction of sp³-hybridized carbons (Fsp3) is 0.